The number of hydrogen-bond acceptors (Lipinski definition) is 4. The summed E-state index contributed by atoms with van der Waals surface area (Å²) < 4.78 is 1.13. The Morgan fingerprint density at radius 2 is 2.24 bits per heavy atom. The highest BCUT2D eigenvalue weighted by Crippen LogP contribution is 2.29. The van der Waals surface area contributed by atoms with Crippen LogP contribution >= 0.6 is 27.3 Å². The second-order valence-electron chi connectivity index (χ2n) is 5.22. The van der Waals surface area contributed by atoms with Gasteiger partial charge in [0.1, 0.15) is 0 Å². The molecular weight excluding hydrogens is 346 g/mol. The van der Waals surface area contributed by atoms with Gasteiger partial charge in [-0.1, -0.05) is 13.0 Å². The van der Waals surface area contributed by atoms with Crippen molar-refractivity contribution in [1.82, 2.24) is 10.3 Å². The topological polar surface area (TPSA) is 28.2 Å². The van der Waals surface area contributed by atoms with E-state index in [9.17, 15) is 0 Å². The summed E-state index contributed by atoms with van der Waals surface area (Å²) in [4.78, 5) is 6.56. The molecule has 0 fully saturated rings. The molecule has 1 heterocycles. The Labute approximate surface area is 139 Å². The van der Waals surface area contributed by atoms with Crippen LogP contribution in [0.25, 0.3) is 0 Å². The van der Waals surface area contributed by atoms with Crippen LogP contribution in [0.2, 0.25) is 0 Å². The van der Waals surface area contributed by atoms with Gasteiger partial charge in [0.2, 0.25) is 0 Å². The van der Waals surface area contributed by atoms with E-state index in [1.165, 1.54) is 11.3 Å². The van der Waals surface area contributed by atoms with Crippen LogP contribution in [0.1, 0.15) is 37.6 Å². The van der Waals surface area contributed by atoms with Crippen LogP contribution in [0, 0.1) is 0 Å². The number of hydrogen-bond donors (Lipinski definition) is 1. The number of rotatable bonds is 7. The Morgan fingerprint density at radius 1 is 1.43 bits per heavy atom. The number of nitrogens with zero attached hydrogens (tertiary/aromatic N) is 2. The molecule has 0 saturated carbocycles. The fraction of sp³-hybridized carbons (Fsp3) is 0.438. The highest BCUT2D eigenvalue weighted by Gasteiger charge is 2.11. The fourth-order valence-corrected chi connectivity index (χ4v) is 3.47. The summed E-state index contributed by atoms with van der Waals surface area (Å²) in [7, 11) is 2.10. The summed E-state index contributed by atoms with van der Waals surface area (Å²) in [6, 6.07) is 6.96. The quantitative estimate of drug-likeness (QED) is 0.774. The summed E-state index contributed by atoms with van der Waals surface area (Å²) in [5.74, 6) is 0. The standard InChI is InChI=1S/C16H22BrN3S/c1-4-7-18-12(2)13-5-6-16(15(17)8-13)20(3)9-14-10-21-11-19-14/h5-6,8,10-12,18H,4,7,9H2,1-3H3. The van der Waals surface area contributed by atoms with Crippen molar-refractivity contribution in [1.29, 1.82) is 0 Å². The number of benzene rings is 1. The summed E-state index contributed by atoms with van der Waals surface area (Å²) in [5.41, 5.74) is 5.48. The number of aromatic nitrogens is 1. The molecule has 0 aliphatic carbocycles. The molecule has 2 rings (SSSR count). The van der Waals surface area contributed by atoms with E-state index in [0.29, 0.717) is 6.04 Å². The highest BCUT2D eigenvalue weighted by molar-refractivity contribution is 9.10. The Balaban J connectivity index is 2.07. The second-order valence-corrected chi connectivity index (χ2v) is 6.80. The molecule has 0 aliphatic rings. The monoisotopic (exact) mass is 367 g/mol. The smallest absolute Gasteiger partial charge is 0.0795 e. The van der Waals surface area contributed by atoms with E-state index < -0.39 is 0 Å². The molecule has 21 heavy (non-hydrogen) atoms. The first-order chi connectivity index (χ1) is 10.1. The third-order valence-electron chi connectivity index (χ3n) is 3.47. The lowest BCUT2D eigenvalue weighted by atomic mass is 10.1. The zero-order valence-corrected chi connectivity index (χ0v) is 15.2. The van der Waals surface area contributed by atoms with Gasteiger partial charge in [0.05, 0.1) is 23.4 Å². The van der Waals surface area contributed by atoms with E-state index in [1.54, 1.807) is 11.3 Å². The Bertz CT molecular complexity index is 557. The number of nitrogens with one attached hydrogen (secondary N) is 1. The zero-order chi connectivity index (χ0) is 15.2. The van der Waals surface area contributed by atoms with Gasteiger partial charge in [-0.25, -0.2) is 4.98 Å². The highest BCUT2D eigenvalue weighted by atomic mass is 79.9. The molecule has 0 spiro atoms. The van der Waals surface area contributed by atoms with Crippen LogP contribution in [0.5, 0.6) is 0 Å². The van der Waals surface area contributed by atoms with E-state index in [0.717, 1.165) is 29.7 Å². The molecule has 0 radical (unpaired) electrons. The van der Waals surface area contributed by atoms with Crippen LogP contribution in [-0.4, -0.2) is 18.6 Å². The minimum Gasteiger partial charge on any atom is -0.368 e. The largest absolute Gasteiger partial charge is 0.368 e. The normalized spacial score (nSPS) is 12.4. The average Bonchev–Trinajstić information content (AvgIpc) is 2.97. The molecule has 0 saturated heterocycles. The summed E-state index contributed by atoms with van der Waals surface area (Å²) >= 11 is 5.34. The first-order valence-electron chi connectivity index (χ1n) is 7.22. The van der Waals surface area contributed by atoms with Crippen molar-refractivity contribution in [3.05, 3.63) is 44.8 Å². The van der Waals surface area contributed by atoms with E-state index in [-0.39, 0.29) is 0 Å². The van der Waals surface area contributed by atoms with Crippen LogP contribution in [0.3, 0.4) is 0 Å². The van der Waals surface area contributed by atoms with Crippen molar-refractivity contribution in [2.75, 3.05) is 18.5 Å². The van der Waals surface area contributed by atoms with Crippen molar-refractivity contribution >= 4 is 33.0 Å². The van der Waals surface area contributed by atoms with Crippen molar-refractivity contribution in [2.24, 2.45) is 0 Å². The molecule has 5 heteroatoms. The van der Waals surface area contributed by atoms with Gasteiger partial charge in [-0.3, -0.25) is 0 Å². The first-order valence-corrected chi connectivity index (χ1v) is 8.96. The molecule has 0 bridgehead atoms. The maximum Gasteiger partial charge on any atom is 0.0795 e. The van der Waals surface area contributed by atoms with Gasteiger partial charge in [-0.2, -0.15) is 0 Å². The lowest BCUT2D eigenvalue weighted by Crippen LogP contribution is -2.20. The van der Waals surface area contributed by atoms with Crippen molar-refractivity contribution < 1.29 is 0 Å². The molecule has 1 atom stereocenters. The number of thiazole rings is 1. The zero-order valence-electron chi connectivity index (χ0n) is 12.8. The first kappa shape index (κ1) is 16.5. The van der Waals surface area contributed by atoms with Crippen molar-refractivity contribution in [3.63, 3.8) is 0 Å². The molecular formula is C16H22BrN3S. The summed E-state index contributed by atoms with van der Waals surface area (Å²) in [5, 5.41) is 5.61. The van der Waals surface area contributed by atoms with Gasteiger partial charge >= 0.3 is 0 Å². The van der Waals surface area contributed by atoms with Gasteiger partial charge in [0.25, 0.3) is 0 Å². The second kappa shape index (κ2) is 7.92. The van der Waals surface area contributed by atoms with E-state index in [1.807, 2.05) is 5.51 Å². The van der Waals surface area contributed by atoms with Crippen LogP contribution in [-0.2, 0) is 6.54 Å². The Kier molecular flexibility index (Phi) is 6.21. The third-order valence-corrected chi connectivity index (χ3v) is 4.74. The van der Waals surface area contributed by atoms with Crippen LogP contribution < -0.4 is 10.2 Å². The lowest BCUT2D eigenvalue weighted by molar-refractivity contribution is 0.570. The third kappa shape index (κ3) is 4.53. The summed E-state index contributed by atoms with van der Waals surface area (Å²) in [6.07, 6.45) is 1.15. The van der Waals surface area contributed by atoms with Crippen molar-refractivity contribution in [3.8, 4) is 0 Å². The average molecular weight is 368 g/mol. The number of anilines is 1. The predicted octanol–water partition coefficient (Wildman–Crippen LogP) is 4.60. The summed E-state index contributed by atoms with van der Waals surface area (Å²) in [6.45, 7) is 6.26. The van der Waals surface area contributed by atoms with Crippen LogP contribution in [0.4, 0.5) is 5.69 Å². The molecule has 1 unspecified atom stereocenters. The van der Waals surface area contributed by atoms with Gasteiger partial charge < -0.3 is 10.2 Å². The Morgan fingerprint density at radius 3 is 2.86 bits per heavy atom. The molecule has 0 aliphatic heterocycles. The number of halogens is 1. The molecule has 1 aromatic carbocycles. The van der Waals surface area contributed by atoms with Gasteiger partial charge in [0, 0.05) is 22.9 Å². The van der Waals surface area contributed by atoms with Gasteiger partial charge in [-0.05, 0) is 53.5 Å². The minimum atomic E-state index is 0.374. The maximum absolute atomic E-state index is 4.34. The van der Waals surface area contributed by atoms with E-state index in [2.05, 4.69) is 75.6 Å². The molecule has 114 valence electrons. The van der Waals surface area contributed by atoms with Crippen molar-refractivity contribution in [2.45, 2.75) is 32.9 Å². The predicted molar refractivity (Wildman–Crippen MR) is 95.1 cm³/mol. The fourth-order valence-electron chi connectivity index (χ4n) is 2.22. The van der Waals surface area contributed by atoms with Gasteiger partial charge in [-0.15, -0.1) is 11.3 Å². The minimum absolute atomic E-state index is 0.374. The SMILES string of the molecule is CCCNC(C)c1ccc(N(C)Cc2cscn2)c(Br)c1. The molecule has 1 N–H and O–H groups in total. The van der Waals surface area contributed by atoms with E-state index in [4.69, 9.17) is 0 Å². The van der Waals surface area contributed by atoms with Gasteiger partial charge in [0.15, 0.2) is 0 Å². The molecule has 0 amide bonds. The molecule has 3 nitrogen and oxygen atoms in total. The van der Waals surface area contributed by atoms with E-state index >= 15 is 0 Å². The maximum atomic E-state index is 4.34. The molecule has 2 aromatic rings. The molecule has 1 aromatic heterocycles. The lowest BCUT2D eigenvalue weighted by Gasteiger charge is -2.21. The van der Waals surface area contributed by atoms with Crippen LogP contribution in [0.15, 0.2) is 33.6 Å². The Hall–Kier alpha value is -0.910.